The first-order chi connectivity index (χ1) is 18.4. The van der Waals surface area contributed by atoms with Gasteiger partial charge in [0, 0.05) is 35.7 Å². The molecule has 1 aliphatic rings. The van der Waals surface area contributed by atoms with Crippen molar-refractivity contribution in [2.45, 2.75) is 13.5 Å². The van der Waals surface area contributed by atoms with Gasteiger partial charge in [0.2, 0.25) is 0 Å². The molecule has 1 heterocycles. The average Bonchev–Trinajstić information content (AvgIpc) is 2.94. The van der Waals surface area contributed by atoms with Gasteiger partial charge in [-0.05, 0) is 59.3 Å². The van der Waals surface area contributed by atoms with Crippen LogP contribution in [0.4, 0.5) is 5.69 Å². The van der Waals surface area contributed by atoms with Crippen molar-refractivity contribution >= 4 is 16.5 Å². The average molecular weight is 516 g/mol. The van der Waals surface area contributed by atoms with Crippen LogP contribution in [0.1, 0.15) is 11.1 Å². The van der Waals surface area contributed by atoms with Crippen LogP contribution in [0.25, 0.3) is 33.0 Å². The molecule has 0 fully saturated rings. The van der Waals surface area contributed by atoms with Gasteiger partial charge >= 0.3 is 0 Å². The standard InChI is InChI=1S/C31H33NO6/c1-17-13-18(14-25(34-4)29(17)36-6)27-20-9-10-21-19-11-12-24(33-3)30(37-7)23(19)16-32(2)28(21)22(20)15-26(35-5)31(27)38-8/h9-15H,16H2,1-8H3. The van der Waals surface area contributed by atoms with Gasteiger partial charge in [-0.3, -0.25) is 0 Å². The predicted octanol–water partition coefficient (Wildman–Crippen LogP) is 6.48. The molecule has 38 heavy (non-hydrogen) atoms. The Kier molecular flexibility index (Phi) is 6.61. The number of fused-ring (bicyclic) bond motifs is 5. The Balaban J connectivity index is 1.86. The first-order valence-electron chi connectivity index (χ1n) is 12.3. The summed E-state index contributed by atoms with van der Waals surface area (Å²) in [6.07, 6.45) is 0. The molecule has 0 radical (unpaired) electrons. The topological polar surface area (TPSA) is 58.6 Å². The summed E-state index contributed by atoms with van der Waals surface area (Å²) in [6.45, 7) is 2.68. The largest absolute Gasteiger partial charge is 0.493 e. The zero-order valence-electron chi connectivity index (χ0n) is 23.1. The van der Waals surface area contributed by atoms with Crippen LogP contribution in [0.5, 0.6) is 34.5 Å². The van der Waals surface area contributed by atoms with E-state index in [0.717, 1.165) is 61.3 Å². The molecule has 7 nitrogen and oxygen atoms in total. The second-order valence-corrected chi connectivity index (χ2v) is 9.26. The highest BCUT2D eigenvalue weighted by Crippen LogP contribution is 2.53. The second kappa shape index (κ2) is 9.89. The number of hydrogen-bond donors (Lipinski definition) is 0. The fourth-order valence-corrected chi connectivity index (χ4v) is 5.70. The first kappa shape index (κ1) is 25.4. The normalized spacial score (nSPS) is 12.1. The van der Waals surface area contributed by atoms with E-state index in [-0.39, 0.29) is 0 Å². The molecule has 198 valence electrons. The number of benzene rings is 4. The molecule has 0 amide bonds. The van der Waals surface area contributed by atoms with Crippen molar-refractivity contribution in [3.63, 3.8) is 0 Å². The quantitative estimate of drug-likeness (QED) is 0.279. The van der Waals surface area contributed by atoms with E-state index in [4.69, 9.17) is 28.4 Å². The van der Waals surface area contributed by atoms with Gasteiger partial charge in [0.05, 0.1) is 48.3 Å². The number of nitrogens with zero attached hydrogens (tertiary/aromatic N) is 1. The van der Waals surface area contributed by atoms with E-state index < -0.39 is 0 Å². The first-order valence-corrected chi connectivity index (χ1v) is 12.3. The number of methoxy groups -OCH3 is 6. The lowest BCUT2D eigenvalue weighted by atomic mass is 9.87. The minimum atomic E-state index is 0.655. The molecule has 4 aromatic carbocycles. The number of aryl methyl sites for hydroxylation is 1. The lowest BCUT2D eigenvalue weighted by Gasteiger charge is -2.33. The zero-order valence-corrected chi connectivity index (χ0v) is 23.1. The molecule has 0 saturated carbocycles. The highest BCUT2D eigenvalue weighted by Gasteiger charge is 2.29. The van der Waals surface area contributed by atoms with Gasteiger partial charge in [0.25, 0.3) is 0 Å². The fraction of sp³-hybridized carbons (Fsp3) is 0.290. The minimum Gasteiger partial charge on any atom is -0.493 e. The van der Waals surface area contributed by atoms with Crippen molar-refractivity contribution in [1.82, 2.24) is 0 Å². The molecular weight excluding hydrogens is 482 g/mol. The number of rotatable bonds is 7. The fourth-order valence-electron chi connectivity index (χ4n) is 5.70. The molecule has 0 aromatic heterocycles. The van der Waals surface area contributed by atoms with Gasteiger partial charge in [-0.2, -0.15) is 0 Å². The van der Waals surface area contributed by atoms with Gasteiger partial charge in [0.15, 0.2) is 34.5 Å². The lowest BCUT2D eigenvalue weighted by Crippen LogP contribution is -2.22. The van der Waals surface area contributed by atoms with Crippen molar-refractivity contribution in [3.05, 3.63) is 53.6 Å². The van der Waals surface area contributed by atoms with Crippen LogP contribution in [-0.4, -0.2) is 49.7 Å². The van der Waals surface area contributed by atoms with Crippen LogP contribution in [0.15, 0.2) is 42.5 Å². The van der Waals surface area contributed by atoms with Crippen molar-refractivity contribution in [3.8, 4) is 56.8 Å². The summed E-state index contributed by atoms with van der Waals surface area (Å²) in [5.74, 6) is 4.17. The maximum Gasteiger partial charge on any atom is 0.169 e. The van der Waals surface area contributed by atoms with E-state index in [2.05, 4.69) is 42.3 Å². The van der Waals surface area contributed by atoms with E-state index in [9.17, 15) is 0 Å². The molecular formula is C31H33NO6. The number of ether oxygens (including phenoxy) is 6. The maximum atomic E-state index is 5.94. The molecule has 4 aromatic rings. The Bertz CT molecular complexity index is 1540. The van der Waals surface area contributed by atoms with Crippen LogP contribution in [-0.2, 0) is 6.54 Å². The van der Waals surface area contributed by atoms with Crippen LogP contribution in [0.2, 0.25) is 0 Å². The van der Waals surface area contributed by atoms with Crippen molar-refractivity contribution in [2.24, 2.45) is 0 Å². The van der Waals surface area contributed by atoms with E-state index in [1.54, 1.807) is 42.7 Å². The van der Waals surface area contributed by atoms with E-state index >= 15 is 0 Å². The van der Waals surface area contributed by atoms with Gasteiger partial charge in [0.1, 0.15) is 0 Å². The van der Waals surface area contributed by atoms with Crippen LogP contribution >= 0.6 is 0 Å². The van der Waals surface area contributed by atoms with Crippen molar-refractivity contribution in [1.29, 1.82) is 0 Å². The molecule has 0 unspecified atom stereocenters. The molecule has 1 aliphatic heterocycles. The minimum absolute atomic E-state index is 0.655. The molecule has 5 rings (SSSR count). The molecule has 0 spiro atoms. The van der Waals surface area contributed by atoms with Gasteiger partial charge in [-0.25, -0.2) is 0 Å². The third kappa shape index (κ3) is 3.72. The summed E-state index contributed by atoms with van der Waals surface area (Å²) < 4.78 is 34.4. The molecule has 0 aliphatic carbocycles. The molecule has 0 saturated heterocycles. The number of anilines is 1. The Hall–Kier alpha value is -4.26. The van der Waals surface area contributed by atoms with Gasteiger partial charge < -0.3 is 33.3 Å². The summed E-state index contributed by atoms with van der Waals surface area (Å²) in [4.78, 5) is 2.25. The summed E-state index contributed by atoms with van der Waals surface area (Å²) in [7, 11) is 12.1. The van der Waals surface area contributed by atoms with E-state index in [1.165, 1.54) is 0 Å². The lowest BCUT2D eigenvalue weighted by molar-refractivity contribution is 0.351. The summed E-state index contributed by atoms with van der Waals surface area (Å²) in [5.41, 5.74) is 7.29. The SMILES string of the molecule is COc1cc(-c2c(OC)c(OC)cc3c4c(ccc23)-c2ccc(OC)c(OC)c2CN4C)cc(C)c1OC. The summed E-state index contributed by atoms with van der Waals surface area (Å²) in [6, 6.07) is 14.5. The van der Waals surface area contributed by atoms with Crippen LogP contribution < -0.4 is 33.3 Å². The Labute approximate surface area is 223 Å². The van der Waals surface area contributed by atoms with Crippen molar-refractivity contribution < 1.29 is 28.4 Å². The third-order valence-corrected chi connectivity index (χ3v) is 7.31. The Morgan fingerprint density at radius 2 is 1.24 bits per heavy atom. The summed E-state index contributed by atoms with van der Waals surface area (Å²) >= 11 is 0. The smallest absolute Gasteiger partial charge is 0.169 e. The van der Waals surface area contributed by atoms with Gasteiger partial charge in [-0.1, -0.05) is 12.1 Å². The molecule has 7 heteroatoms. The highest BCUT2D eigenvalue weighted by molar-refractivity contribution is 6.11. The molecule has 0 bridgehead atoms. The zero-order chi connectivity index (χ0) is 27.1. The maximum absolute atomic E-state index is 5.94. The Morgan fingerprint density at radius 1 is 0.605 bits per heavy atom. The highest BCUT2D eigenvalue weighted by atomic mass is 16.5. The predicted molar refractivity (Wildman–Crippen MR) is 151 cm³/mol. The van der Waals surface area contributed by atoms with Crippen LogP contribution in [0, 0.1) is 6.92 Å². The molecule has 0 N–H and O–H groups in total. The monoisotopic (exact) mass is 515 g/mol. The Morgan fingerprint density at radius 3 is 1.87 bits per heavy atom. The summed E-state index contributed by atoms with van der Waals surface area (Å²) in [5, 5.41) is 2.11. The van der Waals surface area contributed by atoms with Crippen molar-refractivity contribution in [2.75, 3.05) is 54.6 Å². The number of hydrogen-bond acceptors (Lipinski definition) is 7. The van der Waals surface area contributed by atoms with Crippen LogP contribution in [0.3, 0.4) is 0 Å². The molecule has 0 atom stereocenters. The second-order valence-electron chi connectivity index (χ2n) is 9.26. The van der Waals surface area contributed by atoms with E-state index in [1.807, 2.05) is 19.1 Å². The van der Waals surface area contributed by atoms with E-state index in [0.29, 0.717) is 29.5 Å². The third-order valence-electron chi connectivity index (χ3n) is 7.31. The van der Waals surface area contributed by atoms with Gasteiger partial charge in [-0.15, -0.1) is 0 Å².